The Morgan fingerprint density at radius 3 is 2.43 bits per heavy atom. The molecule has 0 bridgehead atoms. The van der Waals surface area contributed by atoms with Gasteiger partial charge in [0.2, 0.25) is 0 Å². The first kappa shape index (κ1) is 25.8. The van der Waals surface area contributed by atoms with Crippen molar-refractivity contribution in [3.05, 3.63) is 83.4 Å². The van der Waals surface area contributed by atoms with Crippen molar-refractivity contribution < 1.29 is 29.0 Å². The minimum Gasteiger partial charge on any atom is -0.497 e. The maximum atomic E-state index is 11.1. The van der Waals surface area contributed by atoms with Crippen molar-refractivity contribution in [1.82, 2.24) is 0 Å². The average Bonchev–Trinajstić information content (AvgIpc) is 2.86. The molecule has 0 radical (unpaired) electrons. The summed E-state index contributed by atoms with van der Waals surface area (Å²) in [6.45, 7) is 1.37. The lowest BCUT2D eigenvalue weighted by Crippen LogP contribution is -2.48. The van der Waals surface area contributed by atoms with Crippen LogP contribution >= 0.6 is 0 Å². The number of aliphatic hydroxyl groups excluding tert-OH is 1. The number of methoxy groups -OCH3 is 1. The molecule has 182 valence electrons. The molecule has 0 heterocycles. The number of likely N-dealkylation sites (N-methyl/N-ethyl adjacent to an activating group) is 1. The van der Waals surface area contributed by atoms with Gasteiger partial charge >= 0.3 is 5.97 Å². The van der Waals surface area contributed by atoms with Crippen molar-refractivity contribution >= 4 is 5.97 Å². The van der Waals surface area contributed by atoms with Gasteiger partial charge in [-0.25, -0.2) is 4.79 Å². The summed E-state index contributed by atoms with van der Waals surface area (Å²) in [6, 6.07) is 21.8. The zero-order chi connectivity index (χ0) is 25.4. The molecule has 0 amide bonds. The van der Waals surface area contributed by atoms with E-state index in [1.54, 1.807) is 37.4 Å². The number of nitriles is 1. The number of rotatable bonds is 11. The maximum absolute atomic E-state index is 11.1. The molecule has 0 unspecified atom stereocenters. The molecular formula is C28H31N2O5+. The van der Waals surface area contributed by atoms with E-state index in [4.69, 9.17) is 14.6 Å². The highest BCUT2D eigenvalue weighted by Crippen LogP contribution is 2.28. The molecule has 7 heteroatoms. The van der Waals surface area contributed by atoms with E-state index < -0.39 is 12.1 Å². The predicted molar refractivity (Wildman–Crippen MR) is 134 cm³/mol. The lowest BCUT2D eigenvalue weighted by atomic mass is 10.0. The smallest absolute Gasteiger partial charge is 0.335 e. The van der Waals surface area contributed by atoms with Gasteiger partial charge in [0, 0.05) is 6.42 Å². The lowest BCUT2D eigenvalue weighted by Gasteiger charge is -2.32. The second-order valence-electron chi connectivity index (χ2n) is 9.11. The summed E-state index contributed by atoms with van der Waals surface area (Å²) in [5.74, 6) is 0.224. The van der Waals surface area contributed by atoms with Crippen LogP contribution in [0, 0.1) is 11.3 Å². The van der Waals surface area contributed by atoms with Crippen LogP contribution in [0.2, 0.25) is 0 Å². The van der Waals surface area contributed by atoms with E-state index in [1.165, 1.54) is 17.7 Å². The molecular weight excluding hydrogens is 444 g/mol. The SMILES string of the molecule is COc1cccc(CC[N+](C)(C)C[C@@H](O)COc2cc(-c3ccc(C(=O)O)cc3)ccc2C#N)c1. The quantitative estimate of drug-likeness (QED) is 0.407. The first-order valence-corrected chi connectivity index (χ1v) is 11.3. The van der Waals surface area contributed by atoms with E-state index in [9.17, 15) is 15.2 Å². The summed E-state index contributed by atoms with van der Waals surface area (Å²) in [5.41, 5.74) is 3.34. The largest absolute Gasteiger partial charge is 0.497 e. The van der Waals surface area contributed by atoms with Crippen molar-refractivity contribution in [2.24, 2.45) is 0 Å². The molecule has 0 aliphatic carbocycles. The van der Waals surface area contributed by atoms with E-state index >= 15 is 0 Å². The van der Waals surface area contributed by atoms with Gasteiger partial charge in [0.1, 0.15) is 36.8 Å². The first-order chi connectivity index (χ1) is 16.7. The number of hydrogen-bond acceptors (Lipinski definition) is 5. The van der Waals surface area contributed by atoms with Crippen LogP contribution in [0.15, 0.2) is 66.7 Å². The zero-order valence-electron chi connectivity index (χ0n) is 20.3. The van der Waals surface area contributed by atoms with Crippen LogP contribution in [-0.2, 0) is 6.42 Å². The van der Waals surface area contributed by atoms with Crippen LogP contribution in [0.1, 0.15) is 21.5 Å². The van der Waals surface area contributed by atoms with E-state index in [1.807, 2.05) is 18.2 Å². The molecule has 0 saturated heterocycles. The second kappa shape index (κ2) is 11.5. The molecule has 0 spiro atoms. The van der Waals surface area contributed by atoms with Crippen molar-refractivity contribution in [3.63, 3.8) is 0 Å². The summed E-state index contributed by atoms with van der Waals surface area (Å²) in [6.07, 6.45) is 0.124. The number of carboxylic acids is 1. The average molecular weight is 476 g/mol. The topological polar surface area (TPSA) is 99.8 Å². The third-order valence-electron chi connectivity index (χ3n) is 5.84. The summed E-state index contributed by atoms with van der Waals surface area (Å²) >= 11 is 0. The number of quaternary nitrogens is 1. The Kier molecular flexibility index (Phi) is 8.48. The van der Waals surface area contributed by atoms with Crippen LogP contribution in [0.25, 0.3) is 11.1 Å². The third-order valence-corrected chi connectivity index (χ3v) is 5.84. The molecule has 3 aromatic rings. The Morgan fingerprint density at radius 2 is 1.77 bits per heavy atom. The summed E-state index contributed by atoms with van der Waals surface area (Å²) < 4.78 is 11.7. The number of benzene rings is 3. The summed E-state index contributed by atoms with van der Waals surface area (Å²) in [4.78, 5) is 11.1. The van der Waals surface area contributed by atoms with E-state index in [2.05, 4.69) is 26.2 Å². The van der Waals surface area contributed by atoms with Crippen LogP contribution in [0.5, 0.6) is 11.5 Å². The van der Waals surface area contributed by atoms with E-state index in [0.717, 1.165) is 29.8 Å². The molecule has 0 aliphatic rings. The number of ether oxygens (including phenoxy) is 2. The molecule has 0 aromatic heterocycles. The molecule has 7 nitrogen and oxygen atoms in total. The number of aliphatic hydroxyl groups is 1. The lowest BCUT2D eigenvalue weighted by molar-refractivity contribution is -0.893. The molecule has 35 heavy (non-hydrogen) atoms. The highest BCUT2D eigenvalue weighted by molar-refractivity contribution is 5.88. The highest BCUT2D eigenvalue weighted by Gasteiger charge is 2.22. The fourth-order valence-corrected chi connectivity index (χ4v) is 3.88. The third kappa shape index (κ3) is 7.31. The number of hydrogen-bond donors (Lipinski definition) is 2. The van der Waals surface area contributed by atoms with Crippen LogP contribution < -0.4 is 9.47 Å². The minimum atomic E-state index is -0.987. The van der Waals surface area contributed by atoms with Gasteiger partial charge in [0.15, 0.2) is 0 Å². The van der Waals surface area contributed by atoms with Gasteiger partial charge < -0.3 is 24.2 Å². The molecule has 3 aromatic carbocycles. The van der Waals surface area contributed by atoms with Crippen molar-refractivity contribution in [3.8, 4) is 28.7 Å². The first-order valence-electron chi connectivity index (χ1n) is 11.3. The molecule has 0 saturated carbocycles. The van der Waals surface area contributed by atoms with Gasteiger partial charge in [0.25, 0.3) is 0 Å². The number of aromatic carboxylic acids is 1. The van der Waals surface area contributed by atoms with Gasteiger partial charge in [-0.1, -0.05) is 30.3 Å². The Hall–Kier alpha value is -3.86. The maximum Gasteiger partial charge on any atom is 0.335 e. The monoisotopic (exact) mass is 475 g/mol. The van der Waals surface area contributed by atoms with Crippen LogP contribution in [0.4, 0.5) is 0 Å². The Bertz CT molecular complexity index is 1200. The second-order valence-corrected chi connectivity index (χ2v) is 9.11. The van der Waals surface area contributed by atoms with Gasteiger partial charge in [0.05, 0.1) is 38.9 Å². The van der Waals surface area contributed by atoms with Gasteiger partial charge in [-0.05, 0) is 53.1 Å². The number of nitrogens with zero attached hydrogens (tertiary/aromatic N) is 2. The van der Waals surface area contributed by atoms with Crippen molar-refractivity contribution in [2.75, 3.05) is 40.9 Å². The minimum absolute atomic E-state index is 0.0525. The van der Waals surface area contributed by atoms with Crippen LogP contribution in [0.3, 0.4) is 0 Å². The van der Waals surface area contributed by atoms with Gasteiger partial charge in [-0.2, -0.15) is 5.26 Å². The molecule has 3 rings (SSSR count). The highest BCUT2D eigenvalue weighted by atomic mass is 16.5. The summed E-state index contributed by atoms with van der Waals surface area (Å²) in [7, 11) is 5.77. The normalized spacial score (nSPS) is 12.0. The molecule has 2 N–H and O–H groups in total. The predicted octanol–water partition coefficient (Wildman–Crippen LogP) is 3.99. The summed E-state index contributed by atoms with van der Waals surface area (Å²) in [5, 5.41) is 29.2. The van der Waals surface area contributed by atoms with E-state index in [0.29, 0.717) is 22.3 Å². The Labute approximate surface area is 206 Å². The number of carboxylic acid groups (broad SMARTS) is 1. The standard InChI is InChI=1S/C28H30N2O5/c1-30(2,14-13-20-5-4-6-26(15-20)34-3)18-25(31)19-35-27-16-23(11-12-24(27)17-29)21-7-9-22(10-8-21)28(32)33/h4-12,15-16,25,31H,13-14,18-19H2,1-3H3/p+1/t25-/m1/s1. The van der Waals surface area contributed by atoms with E-state index in [-0.39, 0.29) is 12.2 Å². The fourth-order valence-electron chi connectivity index (χ4n) is 3.88. The molecule has 1 atom stereocenters. The zero-order valence-corrected chi connectivity index (χ0v) is 20.3. The molecule has 0 aliphatic heterocycles. The van der Waals surface area contributed by atoms with Gasteiger partial charge in [-0.15, -0.1) is 0 Å². The molecule has 0 fully saturated rings. The Morgan fingerprint density at radius 1 is 1.06 bits per heavy atom. The fraction of sp³-hybridized carbons (Fsp3) is 0.286. The van der Waals surface area contributed by atoms with Crippen molar-refractivity contribution in [1.29, 1.82) is 5.26 Å². The Balaban J connectivity index is 1.61. The van der Waals surface area contributed by atoms with Gasteiger partial charge in [-0.3, -0.25) is 0 Å². The van der Waals surface area contributed by atoms with Crippen molar-refractivity contribution in [2.45, 2.75) is 12.5 Å². The number of carbonyl (C=O) groups is 1. The van der Waals surface area contributed by atoms with Crippen LogP contribution in [-0.4, -0.2) is 67.7 Å².